The van der Waals surface area contributed by atoms with Crippen molar-refractivity contribution >= 4 is 34.8 Å². The van der Waals surface area contributed by atoms with Crippen LogP contribution in [0.5, 0.6) is 17.2 Å². The number of anilines is 1. The maximum Gasteiger partial charge on any atom is 0.262 e. The van der Waals surface area contributed by atoms with E-state index in [0.717, 1.165) is 5.75 Å². The van der Waals surface area contributed by atoms with Gasteiger partial charge in [0.1, 0.15) is 18.1 Å². The molecule has 168 valence electrons. The third-order valence-electron chi connectivity index (χ3n) is 4.62. The lowest BCUT2D eigenvalue weighted by molar-refractivity contribution is -0.118. The van der Waals surface area contributed by atoms with Crippen LogP contribution in [0.15, 0.2) is 59.5 Å². The number of carbonyl (C=O) groups excluding carboxylic acids is 1. The van der Waals surface area contributed by atoms with E-state index < -0.39 is 5.91 Å². The smallest absolute Gasteiger partial charge is 0.262 e. The molecule has 0 saturated heterocycles. The van der Waals surface area contributed by atoms with E-state index in [0.29, 0.717) is 35.3 Å². The van der Waals surface area contributed by atoms with Crippen molar-refractivity contribution in [1.82, 2.24) is 4.57 Å². The molecule has 1 aromatic heterocycles. The average molecular weight is 477 g/mol. The van der Waals surface area contributed by atoms with Crippen LogP contribution in [0.25, 0.3) is 0 Å². The van der Waals surface area contributed by atoms with Crippen LogP contribution in [0.4, 0.5) is 5.69 Å². The highest BCUT2D eigenvalue weighted by molar-refractivity contribution is 6.44. The summed E-state index contributed by atoms with van der Waals surface area (Å²) in [7, 11) is 1.60. The van der Waals surface area contributed by atoms with Crippen molar-refractivity contribution in [3.63, 3.8) is 0 Å². The monoisotopic (exact) mass is 476 g/mol. The molecule has 2 aromatic carbocycles. The molecule has 1 amide bonds. The van der Waals surface area contributed by atoms with Crippen LogP contribution in [0.2, 0.25) is 10.0 Å². The van der Waals surface area contributed by atoms with Gasteiger partial charge in [-0.2, -0.15) is 0 Å². The van der Waals surface area contributed by atoms with Crippen LogP contribution in [0.3, 0.4) is 0 Å². The summed E-state index contributed by atoms with van der Waals surface area (Å²) in [6.07, 6.45) is 1.66. The van der Waals surface area contributed by atoms with Gasteiger partial charge in [0, 0.05) is 12.3 Å². The van der Waals surface area contributed by atoms with Gasteiger partial charge in [-0.15, -0.1) is 0 Å². The second kappa shape index (κ2) is 10.9. The van der Waals surface area contributed by atoms with E-state index >= 15 is 0 Å². The van der Waals surface area contributed by atoms with Gasteiger partial charge in [0.2, 0.25) is 5.43 Å². The molecule has 1 N–H and O–H groups in total. The molecule has 0 unspecified atom stereocenters. The fraction of sp³-hybridized carbons (Fsp3) is 0.217. The average Bonchev–Trinajstić information content (AvgIpc) is 2.79. The molecule has 0 saturated carbocycles. The number of carbonyl (C=O) groups is 1. The molecular weight excluding hydrogens is 455 g/mol. The Morgan fingerprint density at radius 3 is 2.47 bits per heavy atom. The number of aromatic nitrogens is 1. The van der Waals surface area contributed by atoms with Gasteiger partial charge in [-0.25, -0.2) is 0 Å². The van der Waals surface area contributed by atoms with Gasteiger partial charge in [-0.1, -0.05) is 29.3 Å². The summed E-state index contributed by atoms with van der Waals surface area (Å²) >= 11 is 12.0. The van der Waals surface area contributed by atoms with Gasteiger partial charge in [0.25, 0.3) is 5.91 Å². The zero-order valence-corrected chi connectivity index (χ0v) is 19.1. The van der Waals surface area contributed by atoms with Gasteiger partial charge in [0.15, 0.2) is 12.4 Å². The molecule has 0 aliphatic rings. The lowest BCUT2D eigenvalue weighted by atomic mass is 10.3. The molecule has 3 aromatic rings. The summed E-state index contributed by atoms with van der Waals surface area (Å²) in [5, 5.41) is 3.17. The minimum absolute atomic E-state index is 0.101. The molecular formula is C23H22Cl2N2O5. The Bertz CT molecular complexity index is 1150. The predicted octanol–water partition coefficient (Wildman–Crippen LogP) is 4.57. The van der Waals surface area contributed by atoms with Crippen molar-refractivity contribution in [2.45, 2.75) is 13.5 Å². The second-order valence-electron chi connectivity index (χ2n) is 6.75. The normalized spacial score (nSPS) is 10.5. The number of ether oxygens (including phenoxy) is 3. The molecule has 0 spiro atoms. The van der Waals surface area contributed by atoms with Crippen LogP contribution in [0, 0.1) is 6.92 Å². The molecule has 0 atom stereocenters. The maximum absolute atomic E-state index is 12.3. The van der Waals surface area contributed by atoms with E-state index in [9.17, 15) is 9.59 Å². The molecule has 9 heteroatoms. The highest BCUT2D eigenvalue weighted by atomic mass is 35.5. The maximum atomic E-state index is 12.3. The van der Waals surface area contributed by atoms with Gasteiger partial charge in [-0.05, 0) is 43.3 Å². The molecule has 7 nitrogen and oxygen atoms in total. The summed E-state index contributed by atoms with van der Waals surface area (Å²) in [4.78, 5) is 24.5. The fourth-order valence-electron chi connectivity index (χ4n) is 2.93. The van der Waals surface area contributed by atoms with Crippen molar-refractivity contribution in [1.29, 1.82) is 0 Å². The Hall–Kier alpha value is -3.16. The second-order valence-corrected chi connectivity index (χ2v) is 7.54. The van der Waals surface area contributed by atoms with Crippen molar-refractivity contribution in [3.05, 3.63) is 80.7 Å². The number of halogens is 2. The molecule has 32 heavy (non-hydrogen) atoms. The van der Waals surface area contributed by atoms with E-state index in [1.807, 2.05) is 28.8 Å². The Morgan fingerprint density at radius 2 is 1.75 bits per heavy atom. The van der Waals surface area contributed by atoms with Crippen LogP contribution >= 0.6 is 23.2 Å². The van der Waals surface area contributed by atoms with Crippen LogP contribution in [-0.4, -0.2) is 30.8 Å². The number of methoxy groups -OCH3 is 1. The third kappa shape index (κ3) is 5.96. The highest BCUT2D eigenvalue weighted by Crippen LogP contribution is 2.29. The van der Waals surface area contributed by atoms with Crippen molar-refractivity contribution in [2.24, 2.45) is 0 Å². The summed E-state index contributed by atoms with van der Waals surface area (Å²) in [6.45, 7) is 2.25. The van der Waals surface area contributed by atoms with Gasteiger partial charge < -0.3 is 24.1 Å². The van der Waals surface area contributed by atoms with Crippen LogP contribution in [0.1, 0.15) is 5.69 Å². The van der Waals surface area contributed by atoms with Crippen LogP contribution < -0.4 is 25.0 Å². The zero-order valence-electron chi connectivity index (χ0n) is 17.6. The number of hydrogen-bond donors (Lipinski definition) is 1. The van der Waals surface area contributed by atoms with Gasteiger partial charge in [-0.3, -0.25) is 9.59 Å². The Balaban J connectivity index is 1.59. The first kappa shape index (κ1) is 23.5. The van der Waals surface area contributed by atoms with Gasteiger partial charge in [0.05, 0.1) is 35.1 Å². The third-order valence-corrected chi connectivity index (χ3v) is 5.44. The number of benzene rings is 2. The minimum atomic E-state index is -0.466. The van der Waals surface area contributed by atoms with E-state index in [-0.39, 0.29) is 22.8 Å². The zero-order chi connectivity index (χ0) is 23.1. The summed E-state index contributed by atoms with van der Waals surface area (Å²) in [5.41, 5.74) is 0.637. The van der Waals surface area contributed by atoms with Crippen LogP contribution in [-0.2, 0) is 11.3 Å². The topological polar surface area (TPSA) is 78.8 Å². The number of pyridine rings is 1. The highest BCUT2D eigenvalue weighted by Gasteiger charge is 2.13. The summed E-state index contributed by atoms with van der Waals surface area (Å²) in [6, 6.07) is 13.5. The van der Waals surface area contributed by atoms with Crippen molar-refractivity contribution in [2.75, 3.05) is 25.6 Å². The number of hydrogen-bond acceptors (Lipinski definition) is 5. The number of nitrogens with one attached hydrogen (secondary N) is 1. The first-order valence-corrected chi connectivity index (χ1v) is 10.5. The van der Waals surface area contributed by atoms with E-state index in [1.54, 1.807) is 38.4 Å². The lowest BCUT2D eigenvalue weighted by Gasteiger charge is -2.15. The first-order valence-electron chi connectivity index (χ1n) is 9.72. The molecule has 0 radical (unpaired) electrons. The lowest BCUT2D eigenvalue weighted by Crippen LogP contribution is -2.24. The molecule has 0 aliphatic carbocycles. The molecule has 0 bridgehead atoms. The van der Waals surface area contributed by atoms with Gasteiger partial charge >= 0.3 is 0 Å². The minimum Gasteiger partial charge on any atom is -0.497 e. The number of nitrogens with zero attached hydrogens (tertiary/aromatic N) is 1. The standard InChI is InChI=1S/C23H22Cl2N2O5/c1-15-23(32-14-21(29)26-19-5-3-4-18(24)22(19)25)20(28)10-11-27(15)12-13-31-17-8-6-16(30-2)7-9-17/h3-11H,12-14H2,1-2H3,(H,26,29). The van der Waals surface area contributed by atoms with E-state index in [4.69, 9.17) is 37.4 Å². The first-order chi connectivity index (χ1) is 15.4. The largest absolute Gasteiger partial charge is 0.497 e. The summed E-state index contributed by atoms with van der Waals surface area (Å²) in [5.74, 6) is 1.09. The number of amides is 1. The SMILES string of the molecule is COc1ccc(OCCn2ccc(=O)c(OCC(=O)Nc3cccc(Cl)c3Cl)c2C)cc1. The van der Waals surface area contributed by atoms with E-state index in [1.165, 1.54) is 6.07 Å². The predicted molar refractivity (Wildman–Crippen MR) is 125 cm³/mol. The molecule has 0 aliphatic heterocycles. The Kier molecular flexibility index (Phi) is 8.03. The van der Waals surface area contributed by atoms with Crippen molar-refractivity contribution in [3.8, 4) is 17.2 Å². The molecule has 1 heterocycles. The molecule has 0 fully saturated rings. The fourth-order valence-corrected chi connectivity index (χ4v) is 3.28. The molecule has 3 rings (SSSR count). The van der Waals surface area contributed by atoms with Crippen molar-refractivity contribution < 1.29 is 19.0 Å². The Morgan fingerprint density at radius 1 is 1.03 bits per heavy atom. The quantitative estimate of drug-likeness (QED) is 0.489. The van der Waals surface area contributed by atoms with E-state index in [2.05, 4.69) is 5.32 Å². The summed E-state index contributed by atoms with van der Waals surface area (Å²) < 4.78 is 18.2. The number of rotatable bonds is 9. The Labute approximate surface area is 195 Å².